The van der Waals surface area contributed by atoms with Gasteiger partial charge in [-0.1, -0.05) is 31.0 Å². The van der Waals surface area contributed by atoms with E-state index in [1.807, 2.05) is 6.07 Å². The highest BCUT2D eigenvalue weighted by Crippen LogP contribution is 2.31. The first-order valence-electron chi connectivity index (χ1n) is 12.3. The first-order chi connectivity index (χ1) is 16.9. The lowest BCUT2D eigenvalue weighted by molar-refractivity contribution is -0.121. The van der Waals surface area contributed by atoms with Gasteiger partial charge in [-0.05, 0) is 62.4 Å². The molecule has 2 aromatic rings. The minimum absolute atomic E-state index is 0.122. The zero-order valence-electron chi connectivity index (χ0n) is 20.1. The Balaban J connectivity index is 1.57. The highest BCUT2D eigenvalue weighted by molar-refractivity contribution is 7.89. The predicted molar refractivity (Wildman–Crippen MR) is 134 cm³/mol. The van der Waals surface area contributed by atoms with E-state index in [1.54, 1.807) is 35.2 Å². The van der Waals surface area contributed by atoms with Crippen LogP contribution in [0.5, 0.6) is 5.75 Å². The van der Waals surface area contributed by atoms with Crippen molar-refractivity contribution in [1.29, 1.82) is 0 Å². The maximum atomic E-state index is 13.4. The number of carbonyl (C=O) groups excluding carboxylic acids is 2. The van der Waals surface area contributed by atoms with E-state index in [1.165, 1.54) is 23.5 Å². The fourth-order valence-corrected chi connectivity index (χ4v) is 6.33. The van der Waals surface area contributed by atoms with Crippen molar-refractivity contribution in [2.45, 2.75) is 55.9 Å². The van der Waals surface area contributed by atoms with Crippen LogP contribution < -0.4 is 10.1 Å². The van der Waals surface area contributed by atoms with E-state index in [2.05, 4.69) is 5.32 Å². The van der Waals surface area contributed by atoms with Crippen LogP contribution in [0.2, 0.25) is 0 Å². The molecule has 188 valence electrons. The van der Waals surface area contributed by atoms with Crippen molar-refractivity contribution in [3.8, 4) is 5.75 Å². The van der Waals surface area contributed by atoms with Gasteiger partial charge in [0.2, 0.25) is 15.9 Å². The number of likely N-dealkylation sites (tertiary alicyclic amines) is 1. The number of carbonyl (C=O) groups is 2. The van der Waals surface area contributed by atoms with Gasteiger partial charge in [-0.2, -0.15) is 4.31 Å². The molecule has 0 aliphatic carbocycles. The molecule has 0 aromatic heterocycles. The van der Waals surface area contributed by atoms with Gasteiger partial charge in [-0.15, -0.1) is 0 Å². The first-order valence-corrected chi connectivity index (χ1v) is 13.7. The number of ether oxygens (including phenoxy) is 1. The third-order valence-corrected chi connectivity index (χ3v) is 8.61. The lowest BCUT2D eigenvalue weighted by Gasteiger charge is -2.35. The molecule has 2 aromatic carbocycles. The smallest absolute Gasteiger partial charge is 0.254 e. The van der Waals surface area contributed by atoms with Crippen LogP contribution in [0.25, 0.3) is 0 Å². The van der Waals surface area contributed by atoms with Crippen molar-refractivity contribution in [3.05, 3.63) is 54.1 Å². The summed E-state index contributed by atoms with van der Waals surface area (Å²) in [6.07, 6.45) is 5.92. The molecule has 0 bridgehead atoms. The molecule has 2 heterocycles. The first kappa shape index (κ1) is 25.2. The van der Waals surface area contributed by atoms with Crippen LogP contribution >= 0.6 is 0 Å². The normalized spacial score (nSPS) is 19.6. The van der Waals surface area contributed by atoms with Crippen molar-refractivity contribution in [2.75, 3.05) is 32.1 Å². The van der Waals surface area contributed by atoms with Gasteiger partial charge in [-0.3, -0.25) is 9.59 Å². The second-order valence-electron chi connectivity index (χ2n) is 9.05. The van der Waals surface area contributed by atoms with E-state index < -0.39 is 16.1 Å². The maximum absolute atomic E-state index is 13.4. The molecule has 0 unspecified atom stereocenters. The van der Waals surface area contributed by atoms with Crippen molar-refractivity contribution >= 4 is 27.5 Å². The highest BCUT2D eigenvalue weighted by atomic mass is 32.2. The standard InChI is InChI=1S/C26H33N3O5S/c1-34-24-15-14-21(35(32,33)28-16-8-2-3-9-17-28)19-22(24)27-25(30)23-13-7-10-18-29(23)26(31)20-11-5-4-6-12-20/h4-6,11-12,14-15,19,23H,2-3,7-10,13,16-18H2,1H3,(H,27,30)/t23-/m0/s1. The third kappa shape index (κ3) is 5.67. The number of nitrogens with one attached hydrogen (secondary N) is 1. The van der Waals surface area contributed by atoms with E-state index in [0.29, 0.717) is 37.4 Å². The second-order valence-corrected chi connectivity index (χ2v) is 11.0. The molecule has 2 saturated heterocycles. The molecule has 1 atom stereocenters. The van der Waals surface area contributed by atoms with E-state index in [9.17, 15) is 18.0 Å². The van der Waals surface area contributed by atoms with E-state index in [0.717, 1.165) is 38.5 Å². The monoisotopic (exact) mass is 499 g/mol. The average Bonchev–Trinajstić information content (AvgIpc) is 3.19. The average molecular weight is 500 g/mol. The SMILES string of the molecule is COc1ccc(S(=O)(=O)N2CCCCCC2)cc1NC(=O)[C@@H]1CCCCN1C(=O)c1ccccc1. The van der Waals surface area contributed by atoms with Crippen molar-refractivity contribution in [2.24, 2.45) is 0 Å². The fraction of sp³-hybridized carbons (Fsp3) is 0.462. The summed E-state index contributed by atoms with van der Waals surface area (Å²) in [7, 11) is -2.22. The molecule has 2 aliphatic rings. The van der Waals surface area contributed by atoms with Gasteiger partial charge in [0, 0.05) is 25.2 Å². The number of nitrogens with zero attached hydrogens (tertiary/aromatic N) is 2. The van der Waals surface area contributed by atoms with Crippen molar-refractivity contribution in [1.82, 2.24) is 9.21 Å². The van der Waals surface area contributed by atoms with Crippen LogP contribution in [0, 0.1) is 0 Å². The number of sulfonamides is 1. The highest BCUT2D eigenvalue weighted by Gasteiger charge is 2.33. The Kier molecular flexibility index (Phi) is 8.07. The van der Waals surface area contributed by atoms with E-state index in [-0.39, 0.29) is 22.4 Å². The Morgan fingerprint density at radius 3 is 2.29 bits per heavy atom. The number of anilines is 1. The number of amides is 2. The molecular formula is C26H33N3O5S. The molecule has 2 amide bonds. The number of rotatable bonds is 6. The molecular weight excluding hydrogens is 466 g/mol. The largest absolute Gasteiger partial charge is 0.495 e. The van der Waals surface area contributed by atoms with Gasteiger partial charge in [0.1, 0.15) is 11.8 Å². The number of hydrogen-bond donors (Lipinski definition) is 1. The van der Waals surface area contributed by atoms with Gasteiger partial charge in [0.25, 0.3) is 5.91 Å². The molecule has 2 aliphatic heterocycles. The zero-order chi connectivity index (χ0) is 24.8. The number of hydrogen-bond acceptors (Lipinski definition) is 5. The van der Waals surface area contributed by atoms with Crippen LogP contribution in [0.3, 0.4) is 0 Å². The number of methoxy groups -OCH3 is 1. The summed E-state index contributed by atoms with van der Waals surface area (Å²) in [5.41, 5.74) is 0.821. The molecule has 1 N–H and O–H groups in total. The fourth-order valence-electron chi connectivity index (χ4n) is 4.79. The summed E-state index contributed by atoms with van der Waals surface area (Å²) in [5, 5.41) is 2.85. The molecule has 0 saturated carbocycles. The summed E-state index contributed by atoms with van der Waals surface area (Å²) in [5.74, 6) is -0.170. The maximum Gasteiger partial charge on any atom is 0.254 e. The lowest BCUT2D eigenvalue weighted by Crippen LogP contribution is -2.50. The number of benzene rings is 2. The Labute approximate surface area is 207 Å². The summed E-state index contributed by atoms with van der Waals surface area (Å²) in [6.45, 7) is 1.48. The molecule has 8 nitrogen and oxygen atoms in total. The lowest BCUT2D eigenvalue weighted by atomic mass is 10.00. The number of piperidine rings is 1. The minimum Gasteiger partial charge on any atom is -0.495 e. The van der Waals surface area contributed by atoms with Gasteiger partial charge >= 0.3 is 0 Å². The minimum atomic E-state index is -3.69. The van der Waals surface area contributed by atoms with Gasteiger partial charge in [-0.25, -0.2) is 8.42 Å². The van der Waals surface area contributed by atoms with Crippen LogP contribution in [-0.4, -0.2) is 62.2 Å². The molecule has 2 fully saturated rings. The van der Waals surface area contributed by atoms with Crippen LogP contribution in [0.15, 0.2) is 53.4 Å². The molecule has 0 radical (unpaired) electrons. The van der Waals surface area contributed by atoms with Crippen molar-refractivity contribution in [3.63, 3.8) is 0 Å². The zero-order valence-corrected chi connectivity index (χ0v) is 20.9. The van der Waals surface area contributed by atoms with E-state index >= 15 is 0 Å². The molecule has 9 heteroatoms. The Morgan fingerprint density at radius 2 is 1.60 bits per heavy atom. The van der Waals surface area contributed by atoms with Gasteiger partial charge < -0.3 is 15.0 Å². The second kappa shape index (κ2) is 11.2. The quantitative estimate of drug-likeness (QED) is 0.651. The third-order valence-electron chi connectivity index (χ3n) is 6.72. The molecule has 35 heavy (non-hydrogen) atoms. The van der Waals surface area contributed by atoms with E-state index in [4.69, 9.17) is 4.74 Å². The predicted octanol–water partition coefficient (Wildman–Crippen LogP) is 3.89. The van der Waals surface area contributed by atoms with Gasteiger partial charge in [0.15, 0.2) is 0 Å². The van der Waals surface area contributed by atoms with Gasteiger partial charge in [0.05, 0.1) is 17.7 Å². The topological polar surface area (TPSA) is 96.0 Å². The van der Waals surface area contributed by atoms with Crippen LogP contribution in [0.1, 0.15) is 55.3 Å². The van der Waals surface area contributed by atoms with Crippen LogP contribution in [-0.2, 0) is 14.8 Å². The summed E-state index contributed by atoms with van der Waals surface area (Å²) in [4.78, 5) is 28.2. The van der Waals surface area contributed by atoms with Crippen molar-refractivity contribution < 1.29 is 22.7 Å². The Morgan fingerprint density at radius 1 is 0.914 bits per heavy atom. The summed E-state index contributed by atoms with van der Waals surface area (Å²) >= 11 is 0. The molecule has 4 rings (SSSR count). The van der Waals surface area contributed by atoms with Crippen LogP contribution in [0.4, 0.5) is 5.69 Å². The Bertz CT molecular complexity index is 1140. The summed E-state index contributed by atoms with van der Waals surface area (Å²) in [6, 6.07) is 12.8. The Hall–Kier alpha value is -2.91. The molecule has 0 spiro atoms. The summed E-state index contributed by atoms with van der Waals surface area (Å²) < 4.78 is 33.5.